The number of anilines is 3. The van der Waals surface area contributed by atoms with E-state index < -0.39 is 28.5 Å². The molecule has 1 aliphatic heterocycles. The summed E-state index contributed by atoms with van der Waals surface area (Å²) < 4.78 is 22.2. The van der Waals surface area contributed by atoms with E-state index in [0.29, 0.717) is 25.5 Å². The van der Waals surface area contributed by atoms with Gasteiger partial charge in [0, 0.05) is 25.5 Å². The lowest BCUT2D eigenvalue weighted by Gasteiger charge is -2.25. The monoisotopic (exact) mass is 399 g/mol. The van der Waals surface area contributed by atoms with Gasteiger partial charge in [0.15, 0.2) is 11.6 Å². The Bertz CT molecular complexity index is 1160. The number of carboxylic acids is 1. The first-order valence-corrected chi connectivity index (χ1v) is 8.92. The molecule has 0 saturated heterocycles. The van der Waals surface area contributed by atoms with Gasteiger partial charge in [-0.15, -0.1) is 0 Å². The van der Waals surface area contributed by atoms with Crippen LogP contribution >= 0.6 is 0 Å². The number of aromatic nitrogens is 2. The third-order valence-corrected chi connectivity index (χ3v) is 4.65. The van der Waals surface area contributed by atoms with E-state index in [0.717, 1.165) is 0 Å². The summed E-state index contributed by atoms with van der Waals surface area (Å²) in [6.07, 6.45) is 2.89. The molecule has 0 atom stereocenters. The van der Waals surface area contributed by atoms with Crippen molar-refractivity contribution in [1.29, 1.82) is 0 Å². The molecule has 2 aromatic heterocycles. The standard InChI is InChI=1S/C19H18FN5O4/c20-13-14(21)12-16-18(15(13)24-6-5-23-11-3-1-2-4-22-11)29-8-7-25(16)9-10(17(12)26)19(27)28/h1-4,9,24H,5-8,21H2,(H,22,23)(H,27,28). The Morgan fingerprint density at radius 2 is 2.14 bits per heavy atom. The number of nitrogens with one attached hydrogen (secondary N) is 2. The molecule has 0 radical (unpaired) electrons. The van der Waals surface area contributed by atoms with Crippen molar-refractivity contribution in [3.63, 3.8) is 0 Å². The predicted octanol–water partition coefficient (Wildman–Crippen LogP) is 1.73. The molecular formula is C19H18FN5O4. The van der Waals surface area contributed by atoms with Gasteiger partial charge in [0.05, 0.1) is 23.1 Å². The Balaban J connectivity index is 1.71. The average Bonchev–Trinajstić information content (AvgIpc) is 2.72. The normalized spacial score (nSPS) is 12.4. The molecule has 0 bridgehead atoms. The van der Waals surface area contributed by atoms with Gasteiger partial charge in [0.25, 0.3) is 0 Å². The summed E-state index contributed by atoms with van der Waals surface area (Å²) in [7, 11) is 0. The molecule has 0 amide bonds. The van der Waals surface area contributed by atoms with Gasteiger partial charge in [-0.3, -0.25) is 4.79 Å². The van der Waals surface area contributed by atoms with E-state index in [1.54, 1.807) is 22.9 Å². The fraction of sp³-hybridized carbons (Fsp3) is 0.211. The number of pyridine rings is 2. The maximum Gasteiger partial charge on any atom is 0.341 e. The number of aromatic carboxylic acids is 1. The van der Waals surface area contributed by atoms with Crippen LogP contribution in [0.4, 0.5) is 21.6 Å². The molecule has 0 spiro atoms. The van der Waals surface area contributed by atoms with E-state index in [4.69, 9.17) is 10.5 Å². The zero-order valence-electron chi connectivity index (χ0n) is 15.2. The quantitative estimate of drug-likeness (QED) is 0.364. The van der Waals surface area contributed by atoms with Gasteiger partial charge >= 0.3 is 5.97 Å². The summed E-state index contributed by atoms with van der Waals surface area (Å²) in [5.41, 5.74) is 4.51. The molecule has 0 aliphatic carbocycles. The van der Waals surface area contributed by atoms with Crippen molar-refractivity contribution < 1.29 is 19.0 Å². The Kier molecular flexibility index (Phi) is 4.67. The first-order chi connectivity index (χ1) is 14.0. The number of halogens is 1. The highest BCUT2D eigenvalue weighted by Gasteiger charge is 2.28. The average molecular weight is 399 g/mol. The lowest BCUT2D eigenvalue weighted by atomic mass is 10.1. The van der Waals surface area contributed by atoms with Gasteiger partial charge in [-0.2, -0.15) is 0 Å². The fourth-order valence-corrected chi connectivity index (χ4v) is 3.34. The Morgan fingerprint density at radius 1 is 1.34 bits per heavy atom. The number of ether oxygens (including phenoxy) is 1. The van der Waals surface area contributed by atoms with Crippen LogP contribution in [0.1, 0.15) is 10.4 Å². The molecular weight excluding hydrogens is 381 g/mol. The topological polar surface area (TPSA) is 131 Å². The van der Waals surface area contributed by atoms with Crippen LogP contribution in [0.2, 0.25) is 0 Å². The van der Waals surface area contributed by atoms with Crippen molar-refractivity contribution in [3.8, 4) is 5.75 Å². The number of carbonyl (C=O) groups is 1. The highest BCUT2D eigenvalue weighted by molar-refractivity contribution is 6.03. The molecule has 0 saturated carbocycles. The van der Waals surface area contributed by atoms with Gasteiger partial charge in [-0.25, -0.2) is 14.2 Å². The zero-order chi connectivity index (χ0) is 20.5. The highest BCUT2D eigenvalue weighted by atomic mass is 19.1. The van der Waals surface area contributed by atoms with E-state index in [9.17, 15) is 14.7 Å². The van der Waals surface area contributed by atoms with Crippen LogP contribution in [0, 0.1) is 5.82 Å². The molecule has 3 aromatic rings. The number of hydrogen-bond donors (Lipinski definition) is 4. The molecule has 10 heteroatoms. The maximum atomic E-state index is 15.0. The number of carboxylic acid groups (broad SMARTS) is 1. The number of nitrogens with zero attached hydrogens (tertiary/aromatic N) is 2. The van der Waals surface area contributed by atoms with E-state index >= 15 is 4.39 Å². The number of rotatable bonds is 6. The summed E-state index contributed by atoms with van der Waals surface area (Å²) in [6.45, 7) is 1.29. The first kappa shape index (κ1) is 18.5. The van der Waals surface area contributed by atoms with E-state index in [1.807, 2.05) is 6.07 Å². The van der Waals surface area contributed by atoms with Gasteiger partial charge in [0.2, 0.25) is 5.43 Å². The summed E-state index contributed by atoms with van der Waals surface area (Å²) in [5, 5.41) is 15.1. The zero-order valence-corrected chi connectivity index (χ0v) is 15.2. The highest BCUT2D eigenvalue weighted by Crippen LogP contribution is 2.41. The fourth-order valence-electron chi connectivity index (χ4n) is 3.34. The summed E-state index contributed by atoms with van der Waals surface area (Å²) in [6, 6.07) is 5.45. The molecule has 5 N–H and O–H groups in total. The van der Waals surface area contributed by atoms with Crippen molar-refractivity contribution in [2.45, 2.75) is 6.54 Å². The SMILES string of the molecule is Nc1c(F)c(NCCNc2ccccn2)c2c3c1c(=O)c(C(=O)O)cn3CCO2. The second-order valence-corrected chi connectivity index (χ2v) is 6.44. The van der Waals surface area contributed by atoms with Gasteiger partial charge in [0.1, 0.15) is 23.7 Å². The molecule has 150 valence electrons. The van der Waals surface area contributed by atoms with Gasteiger partial charge in [-0.05, 0) is 12.1 Å². The van der Waals surface area contributed by atoms with Crippen LogP contribution in [0.5, 0.6) is 5.75 Å². The molecule has 0 unspecified atom stereocenters. The third-order valence-electron chi connectivity index (χ3n) is 4.65. The summed E-state index contributed by atoms with van der Waals surface area (Å²) >= 11 is 0. The smallest absolute Gasteiger partial charge is 0.341 e. The van der Waals surface area contributed by atoms with Gasteiger partial charge < -0.3 is 30.8 Å². The summed E-state index contributed by atoms with van der Waals surface area (Å²) in [5.74, 6) is -1.42. The van der Waals surface area contributed by atoms with Crippen molar-refractivity contribution >= 4 is 34.1 Å². The van der Waals surface area contributed by atoms with Crippen LogP contribution in [0.15, 0.2) is 35.4 Å². The van der Waals surface area contributed by atoms with Crippen LogP contribution in [-0.2, 0) is 6.54 Å². The number of hydrogen-bond acceptors (Lipinski definition) is 7. The van der Waals surface area contributed by atoms with Gasteiger partial charge in [-0.1, -0.05) is 6.07 Å². The summed E-state index contributed by atoms with van der Waals surface area (Å²) in [4.78, 5) is 28.1. The molecule has 4 rings (SSSR count). The van der Waals surface area contributed by atoms with Crippen molar-refractivity contribution in [2.24, 2.45) is 0 Å². The second kappa shape index (κ2) is 7.30. The minimum atomic E-state index is -1.39. The minimum Gasteiger partial charge on any atom is -0.487 e. The molecule has 1 aliphatic rings. The van der Waals surface area contributed by atoms with Crippen LogP contribution in [-0.4, -0.2) is 40.3 Å². The van der Waals surface area contributed by atoms with Crippen molar-refractivity contribution in [3.05, 3.63) is 52.2 Å². The maximum absolute atomic E-state index is 15.0. The van der Waals surface area contributed by atoms with E-state index in [-0.39, 0.29) is 28.9 Å². The third kappa shape index (κ3) is 3.18. The first-order valence-electron chi connectivity index (χ1n) is 8.92. The number of nitrogen functional groups attached to an aromatic ring is 1. The number of nitrogens with two attached hydrogens (primary N) is 1. The molecule has 3 heterocycles. The lowest BCUT2D eigenvalue weighted by Crippen LogP contribution is -2.26. The van der Waals surface area contributed by atoms with Crippen molar-refractivity contribution in [1.82, 2.24) is 9.55 Å². The van der Waals surface area contributed by atoms with Crippen LogP contribution in [0.25, 0.3) is 10.9 Å². The van der Waals surface area contributed by atoms with Crippen LogP contribution < -0.4 is 26.5 Å². The minimum absolute atomic E-state index is 0.0359. The van der Waals surface area contributed by atoms with E-state index in [1.165, 1.54) is 6.20 Å². The molecule has 0 fully saturated rings. The Hall–Kier alpha value is -3.82. The second-order valence-electron chi connectivity index (χ2n) is 6.44. The molecule has 29 heavy (non-hydrogen) atoms. The number of benzene rings is 1. The lowest BCUT2D eigenvalue weighted by molar-refractivity contribution is 0.0694. The Morgan fingerprint density at radius 3 is 2.86 bits per heavy atom. The molecule has 1 aromatic carbocycles. The van der Waals surface area contributed by atoms with E-state index in [2.05, 4.69) is 15.6 Å². The van der Waals surface area contributed by atoms with Crippen molar-refractivity contribution in [2.75, 3.05) is 36.1 Å². The van der Waals surface area contributed by atoms with Crippen LogP contribution in [0.3, 0.4) is 0 Å². The Labute approximate surface area is 163 Å². The molecule has 9 nitrogen and oxygen atoms in total. The predicted molar refractivity (Wildman–Crippen MR) is 106 cm³/mol. The largest absolute Gasteiger partial charge is 0.487 e.